The van der Waals surface area contributed by atoms with Crippen LogP contribution in [-0.2, 0) is 6.54 Å². The molecule has 6 rings (SSSR count). The van der Waals surface area contributed by atoms with Gasteiger partial charge >= 0.3 is 0 Å². The monoisotopic (exact) mass is 341 g/mol. The summed E-state index contributed by atoms with van der Waals surface area (Å²) in [4.78, 5) is 0. The third-order valence-corrected chi connectivity index (χ3v) is 6.72. The number of furan rings is 1. The van der Waals surface area contributed by atoms with E-state index in [0.717, 1.165) is 46.4 Å². The van der Waals surface area contributed by atoms with Crippen molar-refractivity contribution in [1.82, 2.24) is 5.32 Å². The molecule has 24 heavy (non-hydrogen) atoms. The Bertz CT molecular complexity index is 697. The number of hydrogen-bond acceptors (Lipinski definition) is 2. The molecule has 0 spiro atoms. The molecule has 0 atom stereocenters. The van der Waals surface area contributed by atoms with Crippen molar-refractivity contribution in [1.29, 1.82) is 0 Å². The van der Waals surface area contributed by atoms with Crippen molar-refractivity contribution in [3.05, 3.63) is 47.2 Å². The normalized spacial score (nSPS) is 34.0. The Labute approximate surface area is 148 Å². The Balaban J connectivity index is 1.28. The molecule has 4 fully saturated rings. The van der Waals surface area contributed by atoms with Crippen LogP contribution in [0.25, 0.3) is 11.3 Å². The summed E-state index contributed by atoms with van der Waals surface area (Å²) < 4.78 is 6.07. The van der Waals surface area contributed by atoms with Crippen LogP contribution in [0.1, 0.15) is 44.3 Å². The summed E-state index contributed by atoms with van der Waals surface area (Å²) in [5.41, 5.74) is 1.47. The Morgan fingerprint density at radius 2 is 1.54 bits per heavy atom. The van der Waals surface area contributed by atoms with Crippen molar-refractivity contribution in [2.45, 2.75) is 50.6 Å². The summed E-state index contributed by atoms with van der Waals surface area (Å²) in [5.74, 6) is 4.89. The second kappa shape index (κ2) is 5.64. The maximum atomic E-state index is 6.07. The second-order valence-corrected chi connectivity index (χ2v) is 8.76. The molecule has 1 N–H and O–H groups in total. The van der Waals surface area contributed by atoms with Gasteiger partial charge in [0.25, 0.3) is 0 Å². The molecule has 0 unspecified atom stereocenters. The zero-order valence-corrected chi connectivity index (χ0v) is 14.7. The van der Waals surface area contributed by atoms with Crippen molar-refractivity contribution >= 4 is 11.6 Å². The van der Waals surface area contributed by atoms with Crippen molar-refractivity contribution < 1.29 is 4.42 Å². The molecule has 0 aliphatic heterocycles. The summed E-state index contributed by atoms with van der Waals surface area (Å²) >= 11 is 5.96. The van der Waals surface area contributed by atoms with Gasteiger partial charge in [-0.3, -0.25) is 0 Å². The third-order valence-electron chi connectivity index (χ3n) is 6.47. The Morgan fingerprint density at radius 1 is 0.917 bits per heavy atom. The molecule has 1 aromatic heterocycles. The fourth-order valence-corrected chi connectivity index (χ4v) is 5.97. The van der Waals surface area contributed by atoms with E-state index in [9.17, 15) is 0 Å². The predicted octanol–water partition coefficient (Wildman–Crippen LogP) is 5.66. The van der Waals surface area contributed by atoms with Crippen LogP contribution in [0.3, 0.4) is 0 Å². The van der Waals surface area contributed by atoms with E-state index in [1.165, 1.54) is 38.5 Å². The van der Waals surface area contributed by atoms with E-state index >= 15 is 0 Å². The zero-order valence-electron chi connectivity index (χ0n) is 13.9. The topological polar surface area (TPSA) is 25.2 Å². The highest BCUT2D eigenvalue weighted by Gasteiger charge is 2.50. The summed E-state index contributed by atoms with van der Waals surface area (Å²) in [5, 5.41) is 4.66. The van der Waals surface area contributed by atoms with Gasteiger partial charge in [-0.2, -0.15) is 0 Å². The molecule has 4 bridgehead atoms. The molecule has 3 heteroatoms. The first-order chi connectivity index (χ1) is 11.7. The fraction of sp³-hybridized carbons (Fsp3) is 0.524. The highest BCUT2D eigenvalue weighted by Crippen LogP contribution is 2.55. The first-order valence-corrected chi connectivity index (χ1v) is 9.65. The van der Waals surface area contributed by atoms with Crippen molar-refractivity contribution in [3.63, 3.8) is 0 Å². The summed E-state index contributed by atoms with van der Waals surface area (Å²) in [6, 6.07) is 12.0. The molecule has 0 radical (unpaired) electrons. The van der Waals surface area contributed by atoms with E-state index in [1.54, 1.807) is 0 Å². The summed E-state index contributed by atoms with van der Waals surface area (Å²) in [6.45, 7) is 0.847. The average Bonchev–Trinajstić information content (AvgIpc) is 3.01. The van der Waals surface area contributed by atoms with Crippen LogP contribution in [0.4, 0.5) is 0 Å². The van der Waals surface area contributed by atoms with E-state index in [0.29, 0.717) is 5.54 Å². The first-order valence-electron chi connectivity index (χ1n) is 9.27. The molecule has 0 amide bonds. The molecule has 1 aromatic carbocycles. The van der Waals surface area contributed by atoms with Crippen molar-refractivity contribution in [2.75, 3.05) is 0 Å². The van der Waals surface area contributed by atoms with Gasteiger partial charge < -0.3 is 9.73 Å². The van der Waals surface area contributed by atoms with Gasteiger partial charge in [0.2, 0.25) is 0 Å². The molecule has 126 valence electrons. The number of nitrogens with one attached hydrogen (secondary N) is 1. The number of halogens is 1. The standard InChI is InChI=1S/C21H24ClNO/c22-18-3-1-17(2-4-18)20-6-5-19(24-20)13-23-21-10-14-7-15(11-21)9-16(8-14)12-21/h1-6,14-16,23H,7-13H2. The number of benzene rings is 1. The number of hydrogen-bond donors (Lipinski definition) is 1. The van der Waals surface area contributed by atoms with E-state index < -0.39 is 0 Å². The van der Waals surface area contributed by atoms with E-state index in [-0.39, 0.29) is 0 Å². The predicted molar refractivity (Wildman–Crippen MR) is 96.9 cm³/mol. The molecule has 0 saturated heterocycles. The molecule has 2 nitrogen and oxygen atoms in total. The van der Waals surface area contributed by atoms with E-state index in [4.69, 9.17) is 16.0 Å². The highest BCUT2D eigenvalue weighted by atomic mass is 35.5. The first kappa shape index (κ1) is 15.0. The fourth-order valence-electron chi connectivity index (χ4n) is 5.84. The van der Waals surface area contributed by atoms with Crippen LogP contribution in [0.15, 0.2) is 40.8 Å². The summed E-state index contributed by atoms with van der Waals surface area (Å²) in [7, 11) is 0. The zero-order chi connectivity index (χ0) is 16.1. The lowest BCUT2D eigenvalue weighted by Gasteiger charge is -2.57. The maximum Gasteiger partial charge on any atom is 0.134 e. The molecular weight excluding hydrogens is 318 g/mol. The molecule has 4 aliphatic carbocycles. The Kier molecular flexibility index (Phi) is 3.53. The van der Waals surface area contributed by atoms with Crippen molar-refractivity contribution in [3.8, 4) is 11.3 Å². The lowest BCUT2D eigenvalue weighted by Crippen LogP contribution is -2.58. The van der Waals surface area contributed by atoms with Gasteiger partial charge in [-0.05, 0) is 92.7 Å². The minimum atomic E-state index is 0.391. The lowest BCUT2D eigenvalue weighted by atomic mass is 9.53. The van der Waals surface area contributed by atoms with Crippen LogP contribution in [0, 0.1) is 17.8 Å². The molecule has 2 aromatic rings. The van der Waals surface area contributed by atoms with Gasteiger partial charge in [-0.1, -0.05) is 11.6 Å². The van der Waals surface area contributed by atoms with E-state index in [1.807, 2.05) is 24.3 Å². The van der Waals surface area contributed by atoms with Gasteiger partial charge in [-0.15, -0.1) is 0 Å². The van der Waals surface area contributed by atoms with Crippen LogP contribution < -0.4 is 5.32 Å². The van der Waals surface area contributed by atoms with Gasteiger partial charge in [0.1, 0.15) is 11.5 Å². The van der Waals surface area contributed by atoms with Gasteiger partial charge in [0.15, 0.2) is 0 Å². The van der Waals surface area contributed by atoms with Crippen LogP contribution in [-0.4, -0.2) is 5.54 Å². The largest absolute Gasteiger partial charge is 0.460 e. The van der Waals surface area contributed by atoms with Gasteiger partial charge in [-0.25, -0.2) is 0 Å². The lowest BCUT2D eigenvalue weighted by molar-refractivity contribution is -0.0213. The highest BCUT2D eigenvalue weighted by molar-refractivity contribution is 6.30. The second-order valence-electron chi connectivity index (χ2n) is 8.32. The van der Waals surface area contributed by atoms with Crippen LogP contribution in [0.5, 0.6) is 0 Å². The van der Waals surface area contributed by atoms with Gasteiger partial charge in [0.05, 0.1) is 6.54 Å². The Hall–Kier alpha value is -1.25. The minimum Gasteiger partial charge on any atom is -0.460 e. The smallest absolute Gasteiger partial charge is 0.134 e. The quantitative estimate of drug-likeness (QED) is 0.776. The van der Waals surface area contributed by atoms with Crippen LogP contribution in [0.2, 0.25) is 5.02 Å². The molecule has 1 heterocycles. The number of rotatable bonds is 4. The average molecular weight is 342 g/mol. The Morgan fingerprint density at radius 3 is 2.17 bits per heavy atom. The van der Waals surface area contributed by atoms with Crippen molar-refractivity contribution in [2.24, 2.45) is 17.8 Å². The SMILES string of the molecule is Clc1ccc(-c2ccc(CNC34CC5CC(CC(C5)C3)C4)o2)cc1. The molecule has 4 saturated carbocycles. The van der Waals surface area contributed by atoms with E-state index in [2.05, 4.69) is 17.4 Å². The molecule has 4 aliphatic rings. The maximum absolute atomic E-state index is 6.07. The summed E-state index contributed by atoms with van der Waals surface area (Å²) in [6.07, 6.45) is 8.60. The van der Waals surface area contributed by atoms with Gasteiger partial charge in [0, 0.05) is 16.1 Å². The minimum absolute atomic E-state index is 0.391. The van der Waals surface area contributed by atoms with Crippen LogP contribution >= 0.6 is 11.6 Å². The molecular formula is C21H24ClNO. The third kappa shape index (κ3) is 2.70.